The van der Waals surface area contributed by atoms with Crippen LogP contribution in [-0.4, -0.2) is 0 Å². The van der Waals surface area contributed by atoms with Crippen LogP contribution in [0.1, 0.15) is 20.3 Å². The average molecular weight is 225 g/mol. The molecule has 0 fully saturated rings. The van der Waals surface area contributed by atoms with Crippen LogP contribution in [0.2, 0.25) is 0 Å². The maximum absolute atomic E-state index is 5.72. The molecule has 2 N–H and O–H groups in total. The number of para-hydroxylation sites is 1. The Morgan fingerprint density at radius 3 is 2.67 bits per heavy atom. The highest BCUT2D eigenvalue weighted by Crippen LogP contribution is 2.33. The van der Waals surface area contributed by atoms with Crippen LogP contribution in [0.3, 0.4) is 0 Å². The van der Waals surface area contributed by atoms with Crippen LogP contribution in [-0.2, 0) is 4.52 Å². The first-order chi connectivity index (χ1) is 7.22. The highest BCUT2D eigenvalue weighted by atomic mass is 31.2. The van der Waals surface area contributed by atoms with Gasteiger partial charge in [-0.3, -0.25) is 0 Å². The minimum atomic E-state index is -1.38. The van der Waals surface area contributed by atoms with Crippen LogP contribution in [0.15, 0.2) is 42.2 Å². The molecule has 3 nitrogen and oxygen atoms in total. The minimum Gasteiger partial charge on any atom is -0.432 e. The summed E-state index contributed by atoms with van der Waals surface area (Å²) in [5.74, 6) is 1.54. The van der Waals surface area contributed by atoms with Crippen molar-refractivity contribution in [2.45, 2.75) is 20.3 Å². The van der Waals surface area contributed by atoms with Gasteiger partial charge in [0.1, 0.15) is 5.75 Å². The van der Waals surface area contributed by atoms with Gasteiger partial charge in [0.15, 0.2) is 0 Å². The SMILES string of the molecule is CC/C=C(\C)OP(N)Oc1ccccc1. The van der Waals surface area contributed by atoms with E-state index in [1.54, 1.807) is 0 Å². The summed E-state index contributed by atoms with van der Waals surface area (Å²) in [5, 5.41) is 0. The maximum atomic E-state index is 5.72. The number of rotatable bonds is 5. The highest BCUT2D eigenvalue weighted by Gasteiger charge is 2.07. The third kappa shape index (κ3) is 4.82. The topological polar surface area (TPSA) is 44.5 Å². The van der Waals surface area contributed by atoms with Crippen molar-refractivity contribution in [2.75, 3.05) is 0 Å². The molecule has 1 aromatic carbocycles. The summed E-state index contributed by atoms with van der Waals surface area (Å²) in [4.78, 5) is 0. The summed E-state index contributed by atoms with van der Waals surface area (Å²) in [6.07, 6.45) is 2.90. The normalized spacial score (nSPS) is 13.4. The molecule has 0 radical (unpaired) electrons. The Balaban J connectivity index is 2.43. The van der Waals surface area contributed by atoms with Crippen molar-refractivity contribution < 1.29 is 9.05 Å². The molecule has 4 heteroatoms. The molecule has 1 unspecified atom stereocenters. The van der Waals surface area contributed by atoms with E-state index in [1.807, 2.05) is 50.3 Å². The predicted octanol–water partition coefficient (Wildman–Crippen LogP) is 3.58. The summed E-state index contributed by atoms with van der Waals surface area (Å²) >= 11 is 0. The summed E-state index contributed by atoms with van der Waals surface area (Å²) in [6.45, 7) is 3.92. The summed E-state index contributed by atoms with van der Waals surface area (Å²) in [5.41, 5.74) is 5.72. The number of hydrogen-bond donors (Lipinski definition) is 1. The van der Waals surface area contributed by atoms with Gasteiger partial charge in [-0.15, -0.1) is 0 Å². The fourth-order valence-corrected chi connectivity index (χ4v) is 1.80. The number of hydrogen-bond acceptors (Lipinski definition) is 3. The van der Waals surface area contributed by atoms with Gasteiger partial charge in [-0.25, -0.2) is 5.50 Å². The lowest BCUT2D eigenvalue weighted by molar-refractivity contribution is 0.405. The zero-order chi connectivity index (χ0) is 11.1. The first-order valence-corrected chi connectivity index (χ1v) is 6.09. The van der Waals surface area contributed by atoms with Crippen LogP contribution < -0.4 is 10.0 Å². The van der Waals surface area contributed by atoms with Crippen molar-refractivity contribution in [1.29, 1.82) is 0 Å². The number of allylic oxidation sites excluding steroid dienone is 2. The van der Waals surface area contributed by atoms with Crippen LogP contribution in [0.25, 0.3) is 0 Å². The Kier molecular flexibility index (Phi) is 5.16. The Bertz CT molecular complexity index is 314. The molecule has 0 aliphatic heterocycles. The Hall–Kier alpha value is -1.05. The second kappa shape index (κ2) is 6.44. The molecule has 0 aliphatic rings. The van der Waals surface area contributed by atoms with Crippen molar-refractivity contribution in [3.05, 3.63) is 42.2 Å². The lowest BCUT2D eigenvalue weighted by Crippen LogP contribution is -1.99. The van der Waals surface area contributed by atoms with E-state index in [-0.39, 0.29) is 0 Å². The standard InChI is InChI=1S/C11H16NO2P/c1-3-7-10(2)13-15(12)14-11-8-5-4-6-9-11/h4-9H,3,12H2,1-2H3/b10-7+. The van der Waals surface area contributed by atoms with Gasteiger partial charge < -0.3 is 9.05 Å². The van der Waals surface area contributed by atoms with E-state index in [9.17, 15) is 0 Å². The molecule has 1 aromatic rings. The second-order valence-electron chi connectivity index (χ2n) is 3.00. The first kappa shape index (κ1) is 12.0. The molecule has 0 saturated heterocycles. The lowest BCUT2D eigenvalue weighted by Gasteiger charge is -2.13. The van der Waals surface area contributed by atoms with Gasteiger partial charge in [-0.2, -0.15) is 0 Å². The molecule has 0 aliphatic carbocycles. The number of benzene rings is 1. The van der Waals surface area contributed by atoms with E-state index in [1.165, 1.54) is 0 Å². The largest absolute Gasteiger partial charge is 0.432 e. The van der Waals surface area contributed by atoms with E-state index in [2.05, 4.69) is 0 Å². The maximum Gasteiger partial charge on any atom is 0.378 e. The summed E-state index contributed by atoms with van der Waals surface area (Å²) in [6, 6.07) is 9.42. The molecule has 15 heavy (non-hydrogen) atoms. The van der Waals surface area contributed by atoms with E-state index < -0.39 is 8.53 Å². The van der Waals surface area contributed by atoms with Gasteiger partial charge >= 0.3 is 8.53 Å². The summed E-state index contributed by atoms with van der Waals surface area (Å²) in [7, 11) is -1.38. The smallest absolute Gasteiger partial charge is 0.378 e. The Morgan fingerprint density at radius 1 is 1.40 bits per heavy atom. The molecule has 1 atom stereocenters. The fourth-order valence-electron chi connectivity index (χ4n) is 1.07. The molecule has 0 saturated carbocycles. The van der Waals surface area contributed by atoms with Gasteiger partial charge in [-0.05, 0) is 31.6 Å². The zero-order valence-corrected chi connectivity index (χ0v) is 9.91. The van der Waals surface area contributed by atoms with Gasteiger partial charge in [0.2, 0.25) is 0 Å². The lowest BCUT2D eigenvalue weighted by atomic mass is 10.3. The van der Waals surface area contributed by atoms with Crippen molar-refractivity contribution in [3.8, 4) is 5.75 Å². The number of nitrogens with two attached hydrogens (primary N) is 1. The van der Waals surface area contributed by atoms with E-state index >= 15 is 0 Å². The molecule has 0 bridgehead atoms. The van der Waals surface area contributed by atoms with Crippen molar-refractivity contribution >= 4 is 8.53 Å². The van der Waals surface area contributed by atoms with Gasteiger partial charge in [0, 0.05) is 0 Å². The van der Waals surface area contributed by atoms with E-state index in [4.69, 9.17) is 14.6 Å². The molecule has 0 aromatic heterocycles. The zero-order valence-electron chi connectivity index (χ0n) is 9.01. The fraction of sp³-hybridized carbons (Fsp3) is 0.273. The molecule has 0 amide bonds. The van der Waals surface area contributed by atoms with Crippen molar-refractivity contribution in [2.24, 2.45) is 5.50 Å². The van der Waals surface area contributed by atoms with E-state index in [0.717, 1.165) is 17.9 Å². The highest BCUT2D eigenvalue weighted by molar-refractivity contribution is 7.45. The molecule has 1 rings (SSSR count). The first-order valence-electron chi connectivity index (χ1n) is 4.85. The Morgan fingerprint density at radius 2 is 2.07 bits per heavy atom. The van der Waals surface area contributed by atoms with Crippen LogP contribution >= 0.6 is 8.53 Å². The van der Waals surface area contributed by atoms with Crippen molar-refractivity contribution in [3.63, 3.8) is 0 Å². The van der Waals surface area contributed by atoms with Gasteiger partial charge in [-0.1, -0.05) is 25.1 Å². The van der Waals surface area contributed by atoms with Crippen LogP contribution in [0, 0.1) is 0 Å². The molecule has 0 spiro atoms. The molecule has 0 heterocycles. The van der Waals surface area contributed by atoms with Gasteiger partial charge in [0.25, 0.3) is 0 Å². The molecular weight excluding hydrogens is 209 g/mol. The summed E-state index contributed by atoms with van der Waals surface area (Å²) < 4.78 is 10.8. The van der Waals surface area contributed by atoms with Crippen LogP contribution in [0.5, 0.6) is 5.75 Å². The average Bonchev–Trinajstić information content (AvgIpc) is 2.19. The van der Waals surface area contributed by atoms with Crippen molar-refractivity contribution in [1.82, 2.24) is 0 Å². The molecule has 82 valence electrons. The molecular formula is C11H16NO2P. The minimum absolute atomic E-state index is 0.732. The predicted molar refractivity (Wildman–Crippen MR) is 63.3 cm³/mol. The van der Waals surface area contributed by atoms with E-state index in [0.29, 0.717) is 0 Å². The monoisotopic (exact) mass is 225 g/mol. The third-order valence-electron chi connectivity index (χ3n) is 1.66. The van der Waals surface area contributed by atoms with Crippen LogP contribution in [0.4, 0.5) is 0 Å². The quantitative estimate of drug-likeness (QED) is 0.615. The third-order valence-corrected chi connectivity index (χ3v) is 2.52. The second-order valence-corrected chi connectivity index (χ2v) is 3.94. The Labute approximate surface area is 91.9 Å². The van der Waals surface area contributed by atoms with Gasteiger partial charge in [0.05, 0.1) is 5.76 Å².